The van der Waals surface area contributed by atoms with Crippen molar-refractivity contribution in [3.8, 4) is 0 Å². The molecular weight excluding hydrogens is 304 g/mol. The molecule has 0 spiro atoms. The summed E-state index contributed by atoms with van der Waals surface area (Å²) in [6.07, 6.45) is 9.42. The molecule has 2 heterocycles. The molecule has 1 amide bonds. The van der Waals surface area contributed by atoms with Crippen LogP contribution in [0.5, 0.6) is 0 Å². The quantitative estimate of drug-likeness (QED) is 0.854. The molecule has 6 nitrogen and oxygen atoms in total. The highest BCUT2D eigenvalue weighted by Gasteiger charge is 2.43. The van der Waals surface area contributed by atoms with Crippen LogP contribution < -0.4 is 10.2 Å². The van der Waals surface area contributed by atoms with E-state index in [-0.39, 0.29) is 11.9 Å². The van der Waals surface area contributed by atoms with Crippen molar-refractivity contribution in [1.29, 1.82) is 0 Å². The van der Waals surface area contributed by atoms with Crippen molar-refractivity contribution in [2.24, 2.45) is 11.8 Å². The van der Waals surface area contributed by atoms with Gasteiger partial charge < -0.3 is 15.3 Å². The number of aromatic nitrogens is 2. The first-order valence-electron chi connectivity index (χ1n) is 9.22. The number of hydrogen-bond donors (Lipinski definition) is 2. The third kappa shape index (κ3) is 3.24. The predicted octanol–water partition coefficient (Wildman–Crippen LogP) is 1.46. The van der Waals surface area contributed by atoms with Crippen LogP contribution in [-0.2, 0) is 4.79 Å². The fraction of sp³-hybridized carbons (Fsp3) is 0.722. The van der Waals surface area contributed by atoms with Crippen LogP contribution in [0.2, 0.25) is 0 Å². The lowest BCUT2D eigenvalue weighted by molar-refractivity contribution is -0.124. The Morgan fingerprint density at radius 1 is 1.25 bits per heavy atom. The van der Waals surface area contributed by atoms with E-state index >= 15 is 0 Å². The van der Waals surface area contributed by atoms with Crippen molar-refractivity contribution < 1.29 is 9.90 Å². The van der Waals surface area contributed by atoms with Gasteiger partial charge in [-0.25, -0.2) is 9.97 Å². The van der Waals surface area contributed by atoms with Crippen LogP contribution in [-0.4, -0.2) is 46.7 Å². The molecule has 1 aromatic rings. The van der Waals surface area contributed by atoms with E-state index in [0.717, 1.165) is 19.0 Å². The van der Waals surface area contributed by atoms with E-state index in [1.165, 1.54) is 44.2 Å². The fourth-order valence-corrected chi connectivity index (χ4v) is 4.36. The third-order valence-electron chi connectivity index (χ3n) is 5.80. The minimum absolute atomic E-state index is 0.0934. The maximum Gasteiger partial charge on any atom is 0.245 e. The van der Waals surface area contributed by atoms with Crippen molar-refractivity contribution in [2.45, 2.75) is 50.5 Å². The van der Waals surface area contributed by atoms with E-state index in [9.17, 15) is 4.79 Å². The Kier molecular flexibility index (Phi) is 4.39. The maximum absolute atomic E-state index is 11.6. The molecule has 3 fully saturated rings. The molecule has 1 aliphatic heterocycles. The monoisotopic (exact) mass is 330 g/mol. The first kappa shape index (κ1) is 15.8. The zero-order valence-corrected chi connectivity index (χ0v) is 14.0. The zero-order valence-electron chi connectivity index (χ0n) is 14.0. The van der Waals surface area contributed by atoms with E-state index < -0.39 is 6.61 Å². The second kappa shape index (κ2) is 6.67. The summed E-state index contributed by atoms with van der Waals surface area (Å²) in [6, 6.07) is 2.15. The Morgan fingerprint density at radius 3 is 2.75 bits per heavy atom. The highest BCUT2D eigenvalue weighted by molar-refractivity contribution is 5.77. The molecule has 2 aliphatic carbocycles. The third-order valence-corrected chi connectivity index (χ3v) is 5.80. The van der Waals surface area contributed by atoms with Gasteiger partial charge in [-0.3, -0.25) is 4.79 Å². The van der Waals surface area contributed by atoms with Crippen LogP contribution in [0.15, 0.2) is 12.3 Å². The van der Waals surface area contributed by atoms with Gasteiger partial charge in [-0.15, -0.1) is 0 Å². The molecule has 3 aliphatic rings. The summed E-state index contributed by atoms with van der Waals surface area (Å²) in [4.78, 5) is 23.2. The van der Waals surface area contributed by atoms with Gasteiger partial charge in [0, 0.05) is 36.8 Å². The molecule has 1 aromatic heterocycles. The first-order valence-corrected chi connectivity index (χ1v) is 9.22. The number of anilines is 1. The zero-order chi connectivity index (χ0) is 16.5. The summed E-state index contributed by atoms with van der Waals surface area (Å²) >= 11 is 0. The first-order chi connectivity index (χ1) is 11.7. The Hall–Kier alpha value is -1.69. The van der Waals surface area contributed by atoms with Crippen LogP contribution in [0, 0.1) is 11.8 Å². The van der Waals surface area contributed by atoms with Crippen molar-refractivity contribution >= 4 is 11.9 Å². The molecule has 130 valence electrons. The molecule has 2 atom stereocenters. The minimum Gasteiger partial charge on any atom is -0.387 e. The van der Waals surface area contributed by atoms with Gasteiger partial charge in [0.2, 0.25) is 11.9 Å². The van der Waals surface area contributed by atoms with Gasteiger partial charge >= 0.3 is 0 Å². The van der Waals surface area contributed by atoms with Gasteiger partial charge in [-0.05, 0) is 37.7 Å². The summed E-state index contributed by atoms with van der Waals surface area (Å²) in [5, 5.41) is 12.0. The predicted molar refractivity (Wildman–Crippen MR) is 90.7 cm³/mol. The van der Waals surface area contributed by atoms with Crippen molar-refractivity contribution in [3.63, 3.8) is 0 Å². The topological polar surface area (TPSA) is 78.4 Å². The van der Waals surface area contributed by atoms with Gasteiger partial charge in [0.25, 0.3) is 0 Å². The number of aliphatic hydroxyl groups excluding tert-OH is 1. The van der Waals surface area contributed by atoms with Gasteiger partial charge in [0.05, 0.1) is 6.04 Å². The van der Waals surface area contributed by atoms with Crippen LogP contribution in [0.4, 0.5) is 5.95 Å². The van der Waals surface area contributed by atoms with Gasteiger partial charge in [0.15, 0.2) is 0 Å². The minimum atomic E-state index is -0.443. The number of rotatable bonds is 5. The largest absolute Gasteiger partial charge is 0.387 e. The Balaban J connectivity index is 1.49. The molecule has 2 saturated carbocycles. The Morgan fingerprint density at radius 2 is 2.04 bits per heavy atom. The number of nitrogens with one attached hydrogen (secondary N) is 1. The number of amides is 1. The molecule has 24 heavy (non-hydrogen) atoms. The summed E-state index contributed by atoms with van der Waals surface area (Å²) in [5.41, 5.74) is 1.17. The molecule has 0 bridgehead atoms. The van der Waals surface area contributed by atoms with E-state index in [4.69, 9.17) is 10.1 Å². The molecular formula is C18H26N4O2. The number of hydrogen-bond acceptors (Lipinski definition) is 5. The van der Waals surface area contributed by atoms with Crippen LogP contribution in [0.25, 0.3) is 0 Å². The van der Waals surface area contributed by atoms with Crippen molar-refractivity contribution in [2.75, 3.05) is 24.6 Å². The molecule has 0 unspecified atom stereocenters. The number of carbonyl (C=O) groups excluding carboxylic acids is 1. The van der Waals surface area contributed by atoms with E-state index in [0.29, 0.717) is 17.8 Å². The fourth-order valence-electron chi connectivity index (χ4n) is 4.36. The van der Waals surface area contributed by atoms with Crippen LogP contribution in [0.3, 0.4) is 0 Å². The molecule has 4 rings (SSSR count). The molecule has 1 saturated heterocycles. The lowest BCUT2D eigenvalue weighted by Crippen LogP contribution is -2.42. The lowest BCUT2D eigenvalue weighted by Gasteiger charge is -2.18. The highest BCUT2D eigenvalue weighted by atomic mass is 16.3. The number of nitrogens with zero attached hydrogens (tertiary/aromatic N) is 3. The van der Waals surface area contributed by atoms with E-state index in [1.807, 2.05) is 6.20 Å². The van der Waals surface area contributed by atoms with Gasteiger partial charge in [-0.2, -0.15) is 0 Å². The second-order valence-electron chi connectivity index (χ2n) is 7.50. The SMILES string of the molecule is O=C(CO)N[C@H]1CN(c2nccc(C3CCCC3)n2)C[C@@H]1C1CC1. The Labute approximate surface area is 142 Å². The van der Waals surface area contributed by atoms with Crippen LogP contribution >= 0.6 is 0 Å². The van der Waals surface area contributed by atoms with Gasteiger partial charge in [0.1, 0.15) is 6.61 Å². The summed E-state index contributed by atoms with van der Waals surface area (Å²) in [5.74, 6) is 2.23. The summed E-state index contributed by atoms with van der Waals surface area (Å²) in [7, 11) is 0. The molecule has 2 N–H and O–H groups in total. The smallest absolute Gasteiger partial charge is 0.245 e. The average molecular weight is 330 g/mol. The molecule has 6 heteroatoms. The van der Waals surface area contributed by atoms with E-state index in [2.05, 4.69) is 21.3 Å². The van der Waals surface area contributed by atoms with Crippen LogP contribution in [0.1, 0.15) is 50.1 Å². The second-order valence-corrected chi connectivity index (χ2v) is 7.50. The lowest BCUT2D eigenvalue weighted by atomic mass is 9.98. The summed E-state index contributed by atoms with van der Waals surface area (Å²) in [6.45, 7) is 1.19. The average Bonchev–Trinajstić information content (AvgIpc) is 3.14. The maximum atomic E-state index is 11.6. The van der Waals surface area contributed by atoms with Gasteiger partial charge in [-0.1, -0.05) is 12.8 Å². The Bertz CT molecular complexity index is 598. The molecule has 0 radical (unpaired) electrons. The molecule has 0 aromatic carbocycles. The van der Waals surface area contributed by atoms with E-state index in [1.54, 1.807) is 0 Å². The highest BCUT2D eigenvalue weighted by Crippen LogP contribution is 2.42. The normalized spacial score (nSPS) is 27.6. The van der Waals surface area contributed by atoms with Crippen molar-refractivity contribution in [1.82, 2.24) is 15.3 Å². The standard InChI is InChI=1S/C18H26N4O2/c23-11-17(24)20-16-10-22(9-14(16)12-5-6-12)18-19-8-7-15(21-18)13-3-1-2-4-13/h7-8,12-14,16,23H,1-6,9-11H2,(H,20,24)/t14-,16+/m1/s1. The number of carbonyl (C=O) groups is 1. The summed E-state index contributed by atoms with van der Waals surface area (Å²) < 4.78 is 0. The number of aliphatic hydroxyl groups is 1. The van der Waals surface area contributed by atoms with Crippen molar-refractivity contribution in [3.05, 3.63) is 18.0 Å².